The highest BCUT2D eigenvalue weighted by molar-refractivity contribution is 6.32. The van der Waals surface area contributed by atoms with Crippen molar-refractivity contribution in [1.82, 2.24) is 15.0 Å². The minimum absolute atomic E-state index is 0.595. The Morgan fingerprint density at radius 3 is 2.94 bits per heavy atom. The molecule has 6 heteroatoms. The first-order valence-electron chi connectivity index (χ1n) is 5.11. The van der Waals surface area contributed by atoms with Crippen molar-refractivity contribution in [2.45, 2.75) is 6.54 Å². The lowest BCUT2D eigenvalue weighted by Crippen LogP contribution is -2.00. The largest absolute Gasteiger partial charge is 0.495 e. The fourth-order valence-electron chi connectivity index (χ4n) is 1.44. The second-order valence-corrected chi connectivity index (χ2v) is 3.99. The Labute approximate surface area is 104 Å². The lowest BCUT2D eigenvalue weighted by atomic mass is 10.3. The predicted octanol–water partition coefficient (Wildman–Crippen LogP) is 2.09. The van der Waals surface area contributed by atoms with Gasteiger partial charge in [0, 0.05) is 25.0 Å². The Balaban J connectivity index is 2.04. The quantitative estimate of drug-likeness (QED) is 0.905. The van der Waals surface area contributed by atoms with Crippen molar-refractivity contribution in [3.8, 4) is 5.75 Å². The van der Waals surface area contributed by atoms with Gasteiger partial charge in [0.25, 0.3) is 0 Å². The molecule has 1 aromatic carbocycles. The summed E-state index contributed by atoms with van der Waals surface area (Å²) in [6.07, 6.45) is 1.86. The van der Waals surface area contributed by atoms with Crippen LogP contribution in [-0.2, 0) is 13.6 Å². The second-order valence-electron chi connectivity index (χ2n) is 3.59. The normalized spacial score (nSPS) is 10.3. The summed E-state index contributed by atoms with van der Waals surface area (Å²) in [4.78, 5) is 0. The molecule has 1 heterocycles. The van der Waals surface area contributed by atoms with E-state index in [4.69, 9.17) is 16.3 Å². The average molecular weight is 253 g/mol. The minimum Gasteiger partial charge on any atom is -0.495 e. The molecule has 0 radical (unpaired) electrons. The monoisotopic (exact) mass is 252 g/mol. The highest BCUT2D eigenvalue weighted by Gasteiger charge is 2.03. The van der Waals surface area contributed by atoms with Gasteiger partial charge in [-0.15, -0.1) is 5.10 Å². The van der Waals surface area contributed by atoms with Crippen LogP contribution < -0.4 is 10.1 Å². The molecule has 0 aliphatic rings. The molecule has 0 spiro atoms. The molecule has 1 aromatic heterocycles. The van der Waals surface area contributed by atoms with Gasteiger partial charge in [-0.3, -0.25) is 4.68 Å². The number of nitrogens with zero attached hydrogens (tertiary/aromatic N) is 3. The zero-order chi connectivity index (χ0) is 12.3. The van der Waals surface area contributed by atoms with E-state index in [0.717, 1.165) is 11.4 Å². The number of hydrogen-bond acceptors (Lipinski definition) is 4. The molecule has 0 bridgehead atoms. The highest BCUT2D eigenvalue weighted by atomic mass is 35.5. The summed E-state index contributed by atoms with van der Waals surface area (Å²) < 4.78 is 6.80. The molecule has 0 fully saturated rings. The summed E-state index contributed by atoms with van der Waals surface area (Å²) in [5, 5.41) is 11.7. The van der Waals surface area contributed by atoms with Gasteiger partial charge in [0.1, 0.15) is 11.4 Å². The van der Waals surface area contributed by atoms with E-state index in [9.17, 15) is 0 Å². The van der Waals surface area contributed by atoms with Crippen LogP contribution in [0.2, 0.25) is 5.02 Å². The van der Waals surface area contributed by atoms with Gasteiger partial charge >= 0.3 is 0 Å². The lowest BCUT2D eigenvalue weighted by molar-refractivity contribution is 0.415. The number of halogens is 1. The summed E-state index contributed by atoms with van der Waals surface area (Å²) in [6.45, 7) is 0.610. The molecule has 0 unspecified atom stereocenters. The van der Waals surface area contributed by atoms with Gasteiger partial charge in [-0.25, -0.2) is 0 Å². The van der Waals surface area contributed by atoms with Crippen LogP contribution in [0.3, 0.4) is 0 Å². The summed E-state index contributed by atoms with van der Waals surface area (Å²) >= 11 is 5.94. The van der Waals surface area contributed by atoms with E-state index in [-0.39, 0.29) is 0 Å². The van der Waals surface area contributed by atoms with Crippen LogP contribution in [0.4, 0.5) is 5.69 Å². The number of rotatable bonds is 4. The maximum atomic E-state index is 5.94. The number of aryl methyl sites for hydroxylation is 1. The van der Waals surface area contributed by atoms with Crippen LogP contribution in [0, 0.1) is 0 Å². The van der Waals surface area contributed by atoms with E-state index in [2.05, 4.69) is 15.6 Å². The average Bonchev–Trinajstić information content (AvgIpc) is 2.74. The number of nitrogens with one attached hydrogen (secondary N) is 1. The van der Waals surface area contributed by atoms with E-state index < -0.39 is 0 Å². The molecule has 0 saturated heterocycles. The third-order valence-corrected chi connectivity index (χ3v) is 2.59. The van der Waals surface area contributed by atoms with Crippen molar-refractivity contribution < 1.29 is 4.74 Å². The molecule has 0 amide bonds. The van der Waals surface area contributed by atoms with Crippen molar-refractivity contribution in [2.75, 3.05) is 12.4 Å². The molecule has 0 aliphatic carbocycles. The number of hydrogen-bond donors (Lipinski definition) is 1. The Morgan fingerprint density at radius 2 is 2.29 bits per heavy atom. The standard InChI is InChI=1S/C11H13ClN4O/c1-16-7-9(14-15-16)6-13-8-3-4-10(12)11(5-8)17-2/h3-5,7,13H,6H2,1-2H3. The summed E-state index contributed by atoms with van der Waals surface area (Å²) in [7, 11) is 3.43. The first-order valence-corrected chi connectivity index (χ1v) is 5.49. The first-order chi connectivity index (χ1) is 8.19. The Morgan fingerprint density at radius 1 is 1.47 bits per heavy atom. The molecule has 5 nitrogen and oxygen atoms in total. The Bertz CT molecular complexity index is 512. The van der Waals surface area contributed by atoms with E-state index in [1.807, 2.05) is 25.4 Å². The maximum Gasteiger partial charge on any atom is 0.139 e. The van der Waals surface area contributed by atoms with E-state index in [1.165, 1.54) is 0 Å². The third kappa shape index (κ3) is 2.88. The van der Waals surface area contributed by atoms with E-state index in [1.54, 1.807) is 17.9 Å². The van der Waals surface area contributed by atoms with Crippen LogP contribution in [0.25, 0.3) is 0 Å². The van der Waals surface area contributed by atoms with Crippen molar-refractivity contribution in [3.63, 3.8) is 0 Å². The van der Waals surface area contributed by atoms with Crippen molar-refractivity contribution in [2.24, 2.45) is 7.05 Å². The second kappa shape index (κ2) is 5.05. The number of ether oxygens (including phenoxy) is 1. The van der Waals surface area contributed by atoms with Crippen LogP contribution in [-0.4, -0.2) is 22.1 Å². The van der Waals surface area contributed by atoms with Gasteiger partial charge in [-0.2, -0.15) is 0 Å². The molecule has 2 aromatic rings. The molecule has 90 valence electrons. The van der Waals surface area contributed by atoms with Gasteiger partial charge in [0.15, 0.2) is 0 Å². The SMILES string of the molecule is COc1cc(NCc2cn(C)nn2)ccc1Cl. The number of aromatic nitrogens is 3. The molecule has 0 aliphatic heterocycles. The van der Waals surface area contributed by atoms with Crippen LogP contribution in [0.5, 0.6) is 5.75 Å². The zero-order valence-electron chi connectivity index (χ0n) is 9.64. The topological polar surface area (TPSA) is 52.0 Å². The first kappa shape index (κ1) is 11.7. The zero-order valence-corrected chi connectivity index (χ0v) is 10.4. The molecular weight excluding hydrogens is 240 g/mol. The van der Waals surface area contributed by atoms with Gasteiger partial charge in [-0.05, 0) is 12.1 Å². The fraction of sp³-hybridized carbons (Fsp3) is 0.273. The van der Waals surface area contributed by atoms with E-state index in [0.29, 0.717) is 17.3 Å². The molecule has 17 heavy (non-hydrogen) atoms. The maximum absolute atomic E-state index is 5.94. The molecular formula is C11H13ClN4O. The van der Waals surface area contributed by atoms with Gasteiger partial charge in [0.05, 0.1) is 18.7 Å². The van der Waals surface area contributed by atoms with Crippen molar-refractivity contribution in [3.05, 3.63) is 35.1 Å². The van der Waals surface area contributed by atoms with Gasteiger partial charge in [-0.1, -0.05) is 16.8 Å². The van der Waals surface area contributed by atoms with Gasteiger partial charge in [0.2, 0.25) is 0 Å². The molecule has 0 atom stereocenters. The van der Waals surface area contributed by atoms with Crippen LogP contribution in [0.1, 0.15) is 5.69 Å². The highest BCUT2D eigenvalue weighted by Crippen LogP contribution is 2.27. The lowest BCUT2D eigenvalue weighted by Gasteiger charge is -2.07. The fourth-order valence-corrected chi connectivity index (χ4v) is 1.63. The number of methoxy groups -OCH3 is 1. The predicted molar refractivity (Wildman–Crippen MR) is 66.3 cm³/mol. The van der Waals surface area contributed by atoms with Gasteiger partial charge < -0.3 is 10.1 Å². The summed E-state index contributed by atoms with van der Waals surface area (Å²) in [5.41, 5.74) is 1.80. The smallest absolute Gasteiger partial charge is 0.139 e. The minimum atomic E-state index is 0.595. The molecule has 0 saturated carbocycles. The number of anilines is 1. The Hall–Kier alpha value is -1.75. The summed E-state index contributed by atoms with van der Waals surface area (Å²) in [5.74, 6) is 0.649. The van der Waals surface area contributed by atoms with Crippen LogP contribution in [0.15, 0.2) is 24.4 Å². The van der Waals surface area contributed by atoms with E-state index >= 15 is 0 Å². The molecule has 2 rings (SSSR count). The van der Waals surface area contributed by atoms with Crippen molar-refractivity contribution >= 4 is 17.3 Å². The van der Waals surface area contributed by atoms with Crippen LogP contribution >= 0.6 is 11.6 Å². The van der Waals surface area contributed by atoms with Crippen molar-refractivity contribution in [1.29, 1.82) is 0 Å². The Kier molecular flexibility index (Phi) is 3.49. The number of benzene rings is 1. The third-order valence-electron chi connectivity index (χ3n) is 2.27. The summed E-state index contributed by atoms with van der Waals surface area (Å²) in [6, 6.07) is 5.53. The molecule has 1 N–H and O–H groups in total.